The van der Waals surface area contributed by atoms with Gasteiger partial charge in [0.25, 0.3) is 0 Å². The van der Waals surface area contributed by atoms with Crippen LogP contribution in [0.1, 0.15) is 0 Å². The molecule has 0 bridgehead atoms. The molecule has 0 aromatic heterocycles. The average molecular weight is 160 g/mol. The molecule has 0 atom stereocenters. The third kappa shape index (κ3) is 1.16. The van der Waals surface area contributed by atoms with Gasteiger partial charge < -0.3 is 10.5 Å². The number of hydrogen-bond donors (Lipinski definition) is 1. The number of anilines is 1. The van der Waals surface area contributed by atoms with Gasteiger partial charge in [-0.2, -0.15) is 0 Å². The second-order valence-electron chi connectivity index (χ2n) is 2.45. The van der Waals surface area contributed by atoms with Crippen LogP contribution in [0, 0.1) is 0 Å². The molecular weight excluding hydrogens is 152 g/mol. The van der Waals surface area contributed by atoms with Gasteiger partial charge in [-0.3, -0.25) is 4.99 Å². The molecule has 2 rings (SSSR count). The summed E-state index contributed by atoms with van der Waals surface area (Å²) in [6.07, 6.45) is 4.99. The van der Waals surface area contributed by atoms with Crippen LogP contribution in [0.2, 0.25) is 0 Å². The summed E-state index contributed by atoms with van der Waals surface area (Å²) in [5, 5.41) is 0. The van der Waals surface area contributed by atoms with Gasteiger partial charge in [0.15, 0.2) is 5.75 Å². The summed E-state index contributed by atoms with van der Waals surface area (Å²) < 4.78 is 5.24. The highest BCUT2D eigenvalue weighted by molar-refractivity contribution is 5.77. The molecule has 3 heteroatoms. The molecule has 2 N–H and O–H groups in total. The maximum Gasteiger partial charge on any atom is 0.152 e. The molecule has 3 nitrogen and oxygen atoms in total. The molecule has 0 unspecified atom stereocenters. The van der Waals surface area contributed by atoms with Crippen LogP contribution in [-0.4, -0.2) is 6.21 Å². The van der Waals surface area contributed by atoms with E-state index in [9.17, 15) is 0 Å². The Labute approximate surface area is 70.2 Å². The van der Waals surface area contributed by atoms with E-state index in [0.29, 0.717) is 5.69 Å². The van der Waals surface area contributed by atoms with Gasteiger partial charge in [-0.15, -0.1) is 0 Å². The molecule has 1 aliphatic heterocycles. The number of nitrogens with zero attached hydrogens (tertiary/aromatic N) is 1. The number of fused-ring (bicyclic) bond motifs is 1. The molecule has 0 fully saturated rings. The summed E-state index contributed by atoms with van der Waals surface area (Å²) in [5.74, 6) is 0.731. The second-order valence-corrected chi connectivity index (χ2v) is 2.45. The summed E-state index contributed by atoms with van der Waals surface area (Å²) in [5.41, 5.74) is 7.04. The van der Waals surface area contributed by atoms with E-state index >= 15 is 0 Å². The first-order valence-corrected chi connectivity index (χ1v) is 3.62. The lowest BCUT2D eigenvalue weighted by atomic mass is 10.2. The number of nitrogen functional groups attached to an aromatic ring is 1. The lowest BCUT2D eigenvalue weighted by Crippen LogP contribution is -1.85. The van der Waals surface area contributed by atoms with Crippen molar-refractivity contribution < 1.29 is 4.74 Å². The fourth-order valence-corrected chi connectivity index (χ4v) is 1.01. The highest BCUT2D eigenvalue weighted by Gasteiger charge is 2.02. The SMILES string of the molecule is Nc1ccc2c(c1)N=CC=CO2. The van der Waals surface area contributed by atoms with E-state index in [1.54, 1.807) is 36.8 Å². The number of rotatable bonds is 0. The molecule has 0 amide bonds. The quantitative estimate of drug-likeness (QED) is 0.589. The van der Waals surface area contributed by atoms with Gasteiger partial charge in [0.2, 0.25) is 0 Å². The summed E-state index contributed by atoms with van der Waals surface area (Å²) in [4.78, 5) is 4.13. The van der Waals surface area contributed by atoms with Crippen LogP contribution in [0.15, 0.2) is 35.5 Å². The van der Waals surface area contributed by atoms with Crippen LogP contribution < -0.4 is 10.5 Å². The van der Waals surface area contributed by atoms with Gasteiger partial charge in [-0.05, 0) is 24.3 Å². The summed E-state index contributed by atoms with van der Waals surface area (Å²) in [6, 6.07) is 5.37. The smallest absolute Gasteiger partial charge is 0.152 e. The lowest BCUT2D eigenvalue weighted by molar-refractivity contribution is 0.485. The Hall–Kier alpha value is -1.77. The molecule has 1 aromatic carbocycles. The van der Waals surface area contributed by atoms with Crippen molar-refractivity contribution >= 4 is 17.6 Å². The van der Waals surface area contributed by atoms with Gasteiger partial charge in [0, 0.05) is 11.9 Å². The van der Waals surface area contributed by atoms with Crippen molar-refractivity contribution in [1.29, 1.82) is 0 Å². The van der Waals surface area contributed by atoms with Gasteiger partial charge in [-0.1, -0.05) is 0 Å². The Morgan fingerprint density at radius 3 is 3.17 bits per heavy atom. The molecule has 1 aromatic rings. The van der Waals surface area contributed by atoms with E-state index < -0.39 is 0 Å². The van der Waals surface area contributed by atoms with E-state index in [0.717, 1.165) is 11.4 Å². The largest absolute Gasteiger partial charge is 0.463 e. The van der Waals surface area contributed by atoms with E-state index in [4.69, 9.17) is 10.5 Å². The van der Waals surface area contributed by atoms with Gasteiger partial charge >= 0.3 is 0 Å². The van der Waals surface area contributed by atoms with E-state index in [1.807, 2.05) is 0 Å². The molecule has 1 aliphatic rings. The first-order chi connectivity index (χ1) is 5.86. The Morgan fingerprint density at radius 1 is 1.33 bits per heavy atom. The molecule has 0 aliphatic carbocycles. The van der Waals surface area contributed by atoms with E-state index in [2.05, 4.69) is 4.99 Å². The minimum Gasteiger partial charge on any atom is -0.463 e. The number of benzene rings is 1. The fraction of sp³-hybridized carbons (Fsp3) is 0. The Morgan fingerprint density at radius 2 is 2.25 bits per heavy atom. The summed E-state index contributed by atoms with van der Waals surface area (Å²) in [7, 11) is 0. The Bertz CT molecular complexity index is 356. The normalized spacial score (nSPS) is 13.3. The second kappa shape index (κ2) is 2.70. The van der Waals surface area contributed by atoms with Crippen LogP contribution in [0.3, 0.4) is 0 Å². The van der Waals surface area contributed by atoms with Crippen molar-refractivity contribution in [2.75, 3.05) is 5.73 Å². The minimum atomic E-state index is 0.691. The van der Waals surface area contributed by atoms with Gasteiger partial charge in [0.05, 0.1) is 6.26 Å². The monoisotopic (exact) mass is 160 g/mol. The molecule has 12 heavy (non-hydrogen) atoms. The molecule has 60 valence electrons. The first kappa shape index (κ1) is 6.91. The highest BCUT2D eigenvalue weighted by Crippen LogP contribution is 2.30. The first-order valence-electron chi connectivity index (χ1n) is 3.62. The maximum atomic E-state index is 5.58. The number of nitrogens with two attached hydrogens (primary N) is 1. The van der Waals surface area contributed by atoms with Crippen molar-refractivity contribution in [3.05, 3.63) is 30.5 Å². The predicted octanol–water partition coefficient (Wildman–Crippen LogP) is 1.88. The molecule has 0 radical (unpaired) electrons. The summed E-state index contributed by atoms with van der Waals surface area (Å²) in [6.45, 7) is 0. The minimum absolute atomic E-state index is 0.691. The zero-order chi connectivity index (χ0) is 8.39. The molecule has 0 saturated carbocycles. The average Bonchev–Trinajstić information content (AvgIpc) is 2.28. The van der Waals surface area contributed by atoms with Crippen LogP contribution in [-0.2, 0) is 0 Å². The third-order valence-electron chi connectivity index (χ3n) is 1.56. The van der Waals surface area contributed by atoms with Crippen LogP contribution in [0.4, 0.5) is 11.4 Å². The van der Waals surface area contributed by atoms with Gasteiger partial charge in [0.1, 0.15) is 5.69 Å². The number of ether oxygens (including phenoxy) is 1. The zero-order valence-electron chi connectivity index (χ0n) is 6.40. The Kier molecular flexibility index (Phi) is 1.55. The maximum absolute atomic E-state index is 5.58. The number of allylic oxidation sites excluding steroid dienone is 1. The molecular formula is C9H8N2O. The molecule has 1 heterocycles. The van der Waals surface area contributed by atoms with Crippen molar-refractivity contribution in [3.63, 3.8) is 0 Å². The molecule has 0 spiro atoms. The lowest BCUT2D eigenvalue weighted by Gasteiger charge is -2.02. The number of hydrogen-bond acceptors (Lipinski definition) is 3. The van der Waals surface area contributed by atoms with Crippen LogP contribution in [0.25, 0.3) is 0 Å². The van der Waals surface area contributed by atoms with Crippen LogP contribution >= 0.6 is 0 Å². The predicted molar refractivity (Wildman–Crippen MR) is 48.8 cm³/mol. The van der Waals surface area contributed by atoms with Crippen molar-refractivity contribution in [2.45, 2.75) is 0 Å². The van der Waals surface area contributed by atoms with Gasteiger partial charge in [-0.25, -0.2) is 0 Å². The third-order valence-corrected chi connectivity index (χ3v) is 1.56. The van der Waals surface area contributed by atoms with E-state index in [-0.39, 0.29) is 0 Å². The van der Waals surface area contributed by atoms with Crippen molar-refractivity contribution in [3.8, 4) is 5.75 Å². The fourth-order valence-electron chi connectivity index (χ4n) is 1.01. The molecule has 0 saturated heterocycles. The topological polar surface area (TPSA) is 47.6 Å². The summed E-state index contributed by atoms with van der Waals surface area (Å²) >= 11 is 0. The zero-order valence-corrected chi connectivity index (χ0v) is 6.40. The van der Waals surface area contributed by atoms with Crippen LogP contribution in [0.5, 0.6) is 5.75 Å². The van der Waals surface area contributed by atoms with Crippen molar-refractivity contribution in [1.82, 2.24) is 0 Å². The number of aliphatic imine (C=N–C) groups is 1. The van der Waals surface area contributed by atoms with E-state index in [1.165, 1.54) is 0 Å². The van der Waals surface area contributed by atoms with Crippen molar-refractivity contribution in [2.24, 2.45) is 4.99 Å². The standard InChI is InChI=1S/C9H8N2O/c10-7-2-3-9-8(6-7)11-4-1-5-12-9/h1-6H,10H2. The Balaban J connectivity index is 2.53. The highest BCUT2D eigenvalue weighted by atomic mass is 16.5.